The molecule has 0 aromatic carbocycles. The molecule has 1 N–H and O–H groups in total. The highest BCUT2D eigenvalue weighted by molar-refractivity contribution is 6.28. The lowest BCUT2D eigenvalue weighted by Crippen LogP contribution is -2.36. The van der Waals surface area contributed by atoms with Gasteiger partial charge in [-0.25, -0.2) is 0 Å². The van der Waals surface area contributed by atoms with Crippen LogP contribution in [0.5, 0.6) is 0 Å². The van der Waals surface area contributed by atoms with Gasteiger partial charge in [-0.15, -0.1) is 0 Å². The molecule has 0 radical (unpaired) electrons. The molecule has 14 heavy (non-hydrogen) atoms. The van der Waals surface area contributed by atoms with Gasteiger partial charge in [-0.1, -0.05) is 0 Å². The Kier molecular flexibility index (Phi) is 3.98. The monoisotopic (exact) mass is 217 g/mol. The summed E-state index contributed by atoms with van der Waals surface area (Å²) in [5.41, 5.74) is -0.156. The number of furan rings is 1. The largest absolute Gasteiger partial charge is 0.448 e. The quantitative estimate of drug-likeness (QED) is 0.823. The Balaban J connectivity index is 2.28. The van der Waals surface area contributed by atoms with Crippen LogP contribution in [-0.4, -0.2) is 19.3 Å². The Morgan fingerprint density at radius 2 is 2.21 bits per heavy atom. The van der Waals surface area contributed by atoms with Gasteiger partial charge < -0.3 is 14.5 Å². The fraction of sp³-hybridized carbons (Fsp3) is 0.600. The highest BCUT2D eigenvalue weighted by Crippen LogP contribution is 2.13. The summed E-state index contributed by atoms with van der Waals surface area (Å²) in [5, 5.41) is 3.65. The predicted octanol–water partition coefficient (Wildman–Crippen LogP) is 2.45. The van der Waals surface area contributed by atoms with E-state index in [0.717, 1.165) is 12.3 Å². The van der Waals surface area contributed by atoms with Crippen LogP contribution in [0.3, 0.4) is 0 Å². The van der Waals surface area contributed by atoms with Gasteiger partial charge in [-0.2, -0.15) is 0 Å². The van der Waals surface area contributed by atoms with Gasteiger partial charge in [-0.05, 0) is 37.6 Å². The maximum Gasteiger partial charge on any atom is 0.193 e. The highest BCUT2D eigenvalue weighted by Gasteiger charge is 2.15. The fourth-order valence-electron chi connectivity index (χ4n) is 1.01. The van der Waals surface area contributed by atoms with Gasteiger partial charge in [0, 0.05) is 13.7 Å². The minimum Gasteiger partial charge on any atom is -0.448 e. The second kappa shape index (κ2) is 4.82. The van der Waals surface area contributed by atoms with E-state index in [0.29, 0.717) is 11.8 Å². The molecule has 1 rings (SSSR count). The van der Waals surface area contributed by atoms with E-state index in [2.05, 4.69) is 5.32 Å². The van der Waals surface area contributed by atoms with E-state index in [1.54, 1.807) is 13.2 Å². The molecule has 0 saturated heterocycles. The third-order valence-corrected chi connectivity index (χ3v) is 2.23. The van der Waals surface area contributed by atoms with Crippen LogP contribution in [0.4, 0.5) is 0 Å². The zero-order valence-corrected chi connectivity index (χ0v) is 9.52. The minimum absolute atomic E-state index is 0.156. The molecule has 80 valence electrons. The molecule has 1 heterocycles. The molecule has 0 aliphatic carbocycles. The van der Waals surface area contributed by atoms with Crippen LogP contribution < -0.4 is 5.32 Å². The zero-order valence-electron chi connectivity index (χ0n) is 8.76. The average Bonchev–Trinajstić information content (AvgIpc) is 2.51. The van der Waals surface area contributed by atoms with Crippen molar-refractivity contribution in [3.63, 3.8) is 0 Å². The lowest BCUT2D eigenvalue weighted by molar-refractivity contribution is 0.0228. The summed E-state index contributed by atoms with van der Waals surface area (Å²) in [4.78, 5) is 0. The number of hydrogen-bond donors (Lipinski definition) is 1. The van der Waals surface area contributed by atoms with Crippen molar-refractivity contribution in [2.45, 2.75) is 26.0 Å². The normalized spacial score (nSPS) is 12.0. The standard InChI is InChI=1S/C10H16ClNO2/c1-10(2,13-3)7-12-6-8-4-5-9(11)14-8/h4-5,12H,6-7H2,1-3H3. The van der Waals surface area contributed by atoms with Gasteiger partial charge in [0.2, 0.25) is 0 Å². The summed E-state index contributed by atoms with van der Waals surface area (Å²) in [5.74, 6) is 0.835. The van der Waals surface area contributed by atoms with Crippen LogP contribution >= 0.6 is 11.6 Å². The van der Waals surface area contributed by atoms with Crippen molar-refractivity contribution < 1.29 is 9.15 Å². The summed E-state index contributed by atoms with van der Waals surface area (Å²) < 4.78 is 10.5. The molecule has 0 amide bonds. The molecule has 1 aromatic heterocycles. The number of halogens is 1. The van der Waals surface area contributed by atoms with Gasteiger partial charge >= 0.3 is 0 Å². The maximum atomic E-state index is 5.64. The minimum atomic E-state index is -0.156. The Morgan fingerprint density at radius 1 is 1.50 bits per heavy atom. The Bertz CT molecular complexity index is 283. The van der Waals surface area contributed by atoms with E-state index >= 15 is 0 Å². The Hall–Kier alpha value is -0.510. The van der Waals surface area contributed by atoms with E-state index in [9.17, 15) is 0 Å². The first-order valence-electron chi connectivity index (χ1n) is 4.53. The molecular weight excluding hydrogens is 202 g/mol. The highest BCUT2D eigenvalue weighted by atomic mass is 35.5. The third-order valence-electron chi connectivity index (χ3n) is 2.03. The molecule has 4 heteroatoms. The van der Waals surface area contributed by atoms with Crippen molar-refractivity contribution in [2.24, 2.45) is 0 Å². The van der Waals surface area contributed by atoms with Crippen LogP contribution in [-0.2, 0) is 11.3 Å². The summed E-state index contributed by atoms with van der Waals surface area (Å²) in [7, 11) is 1.70. The van der Waals surface area contributed by atoms with Crippen LogP contribution in [0.15, 0.2) is 16.5 Å². The number of rotatable bonds is 5. The smallest absolute Gasteiger partial charge is 0.193 e. The van der Waals surface area contributed by atoms with Crippen molar-refractivity contribution in [3.05, 3.63) is 23.1 Å². The first kappa shape index (κ1) is 11.6. The second-order valence-corrected chi connectivity index (χ2v) is 4.15. The van der Waals surface area contributed by atoms with Crippen molar-refractivity contribution in [2.75, 3.05) is 13.7 Å². The zero-order chi connectivity index (χ0) is 10.6. The van der Waals surface area contributed by atoms with Crippen LogP contribution in [0.2, 0.25) is 5.22 Å². The average molecular weight is 218 g/mol. The second-order valence-electron chi connectivity index (χ2n) is 3.77. The predicted molar refractivity (Wildman–Crippen MR) is 56.5 cm³/mol. The van der Waals surface area contributed by atoms with Gasteiger partial charge in [-0.3, -0.25) is 0 Å². The molecule has 0 saturated carbocycles. The summed E-state index contributed by atoms with van der Waals surface area (Å²) in [6, 6.07) is 3.59. The Labute approximate surface area is 89.4 Å². The van der Waals surface area contributed by atoms with E-state index in [1.165, 1.54) is 0 Å². The topological polar surface area (TPSA) is 34.4 Å². The first-order valence-corrected chi connectivity index (χ1v) is 4.91. The molecule has 0 aliphatic rings. The Morgan fingerprint density at radius 3 is 2.71 bits per heavy atom. The lowest BCUT2D eigenvalue weighted by atomic mass is 10.1. The number of nitrogens with one attached hydrogen (secondary N) is 1. The summed E-state index contributed by atoms with van der Waals surface area (Å²) in [6.45, 7) is 5.48. The summed E-state index contributed by atoms with van der Waals surface area (Å²) >= 11 is 5.64. The van der Waals surface area contributed by atoms with Gasteiger partial charge in [0.1, 0.15) is 5.76 Å². The molecule has 0 atom stereocenters. The first-order chi connectivity index (χ1) is 6.53. The van der Waals surface area contributed by atoms with E-state index in [1.807, 2.05) is 19.9 Å². The van der Waals surface area contributed by atoms with Crippen LogP contribution in [0.1, 0.15) is 19.6 Å². The number of hydrogen-bond acceptors (Lipinski definition) is 3. The van der Waals surface area contributed by atoms with Crippen molar-refractivity contribution in [3.8, 4) is 0 Å². The van der Waals surface area contributed by atoms with Crippen molar-refractivity contribution in [1.82, 2.24) is 5.32 Å². The molecule has 0 unspecified atom stereocenters. The maximum absolute atomic E-state index is 5.64. The molecule has 1 aromatic rings. The van der Waals surface area contributed by atoms with E-state index < -0.39 is 0 Å². The van der Waals surface area contributed by atoms with Gasteiger partial charge in [0.25, 0.3) is 0 Å². The van der Waals surface area contributed by atoms with Crippen molar-refractivity contribution in [1.29, 1.82) is 0 Å². The lowest BCUT2D eigenvalue weighted by Gasteiger charge is -2.22. The van der Waals surface area contributed by atoms with Gasteiger partial charge in [0.15, 0.2) is 5.22 Å². The van der Waals surface area contributed by atoms with Crippen LogP contribution in [0, 0.1) is 0 Å². The molecule has 3 nitrogen and oxygen atoms in total. The molecule has 0 aliphatic heterocycles. The fourth-order valence-corrected chi connectivity index (χ4v) is 1.17. The number of ether oxygens (including phenoxy) is 1. The molecule has 0 fully saturated rings. The van der Waals surface area contributed by atoms with Crippen LogP contribution in [0.25, 0.3) is 0 Å². The van der Waals surface area contributed by atoms with Gasteiger partial charge in [0.05, 0.1) is 12.1 Å². The summed E-state index contributed by atoms with van der Waals surface area (Å²) in [6.07, 6.45) is 0. The van der Waals surface area contributed by atoms with E-state index in [-0.39, 0.29) is 5.60 Å². The van der Waals surface area contributed by atoms with Crippen molar-refractivity contribution >= 4 is 11.6 Å². The molecule has 0 spiro atoms. The molecular formula is C10H16ClNO2. The van der Waals surface area contributed by atoms with E-state index in [4.69, 9.17) is 20.8 Å². The third kappa shape index (κ3) is 3.70. The number of methoxy groups -OCH3 is 1. The molecule has 0 bridgehead atoms. The SMILES string of the molecule is COC(C)(C)CNCc1ccc(Cl)o1.